The van der Waals surface area contributed by atoms with E-state index in [2.05, 4.69) is 28.4 Å². The van der Waals surface area contributed by atoms with E-state index in [9.17, 15) is 0 Å². The van der Waals surface area contributed by atoms with Gasteiger partial charge < -0.3 is 4.74 Å². The van der Waals surface area contributed by atoms with Gasteiger partial charge in [-0.25, -0.2) is 0 Å². The highest BCUT2D eigenvalue weighted by Crippen LogP contribution is 2.14. The van der Waals surface area contributed by atoms with Crippen LogP contribution in [0.1, 0.15) is 57.4 Å². The molecule has 0 unspecified atom stereocenters. The SMILES string of the molecule is CCCCCCCCCOCc1cccc2n[nH]nc12. The molecule has 110 valence electrons. The topological polar surface area (TPSA) is 50.8 Å². The third kappa shape index (κ3) is 4.60. The summed E-state index contributed by atoms with van der Waals surface area (Å²) in [6.45, 7) is 3.71. The molecule has 0 spiro atoms. The Kier molecular flexibility index (Phi) is 6.51. The molecule has 1 N–H and O–H groups in total. The molecule has 0 bridgehead atoms. The molecule has 1 aromatic carbocycles. The van der Waals surface area contributed by atoms with Crippen molar-refractivity contribution in [3.8, 4) is 0 Å². The lowest BCUT2D eigenvalue weighted by Gasteiger charge is -2.05. The fraction of sp³-hybridized carbons (Fsp3) is 0.625. The zero-order valence-electron chi connectivity index (χ0n) is 12.4. The number of hydrogen-bond acceptors (Lipinski definition) is 3. The molecule has 0 radical (unpaired) electrons. The van der Waals surface area contributed by atoms with Crippen molar-refractivity contribution < 1.29 is 4.74 Å². The minimum absolute atomic E-state index is 0.625. The summed E-state index contributed by atoms with van der Waals surface area (Å²) in [4.78, 5) is 0. The van der Waals surface area contributed by atoms with Gasteiger partial charge in [-0.2, -0.15) is 15.4 Å². The van der Waals surface area contributed by atoms with Crippen molar-refractivity contribution in [1.29, 1.82) is 0 Å². The molecule has 4 nitrogen and oxygen atoms in total. The molecular formula is C16H25N3O. The van der Waals surface area contributed by atoms with E-state index in [-0.39, 0.29) is 0 Å². The van der Waals surface area contributed by atoms with Gasteiger partial charge >= 0.3 is 0 Å². The molecular weight excluding hydrogens is 250 g/mol. The minimum atomic E-state index is 0.625. The van der Waals surface area contributed by atoms with Crippen molar-refractivity contribution in [2.24, 2.45) is 0 Å². The molecule has 4 heteroatoms. The summed E-state index contributed by atoms with van der Waals surface area (Å²) in [6.07, 6.45) is 9.20. The number of hydrogen-bond donors (Lipinski definition) is 1. The van der Waals surface area contributed by atoms with E-state index in [0.29, 0.717) is 6.61 Å². The Morgan fingerprint density at radius 2 is 1.80 bits per heavy atom. The van der Waals surface area contributed by atoms with Crippen molar-refractivity contribution in [2.75, 3.05) is 6.61 Å². The Labute approximate surface area is 120 Å². The highest BCUT2D eigenvalue weighted by molar-refractivity contribution is 5.76. The van der Waals surface area contributed by atoms with Crippen LogP contribution in [0.2, 0.25) is 0 Å². The molecule has 0 amide bonds. The quantitative estimate of drug-likeness (QED) is 0.660. The van der Waals surface area contributed by atoms with Crippen LogP contribution in [0.3, 0.4) is 0 Å². The average molecular weight is 275 g/mol. The fourth-order valence-corrected chi connectivity index (χ4v) is 2.39. The fourth-order valence-electron chi connectivity index (χ4n) is 2.39. The van der Waals surface area contributed by atoms with Crippen LogP contribution >= 0.6 is 0 Å². The van der Waals surface area contributed by atoms with Gasteiger partial charge in [-0.05, 0) is 12.5 Å². The van der Waals surface area contributed by atoms with Crippen LogP contribution in [0.5, 0.6) is 0 Å². The van der Waals surface area contributed by atoms with E-state index >= 15 is 0 Å². The molecule has 20 heavy (non-hydrogen) atoms. The molecule has 2 rings (SSSR count). The van der Waals surface area contributed by atoms with Crippen molar-refractivity contribution in [1.82, 2.24) is 15.4 Å². The van der Waals surface area contributed by atoms with Crippen molar-refractivity contribution in [3.05, 3.63) is 23.8 Å². The monoisotopic (exact) mass is 275 g/mol. The summed E-state index contributed by atoms with van der Waals surface area (Å²) in [6, 6.07) is 6.01. The van der Waals surface area contributed by atoms with Gasteiger partial charge in [0.2, 0.25) is 0 Å². The lowest BCUT2D eigenvalue weighted by molar-refractivity contribution is 0.117. The second kappa shape index (κ2) is 8.69. The number of H-pyrrole nitrogens is 1. The molecule has 0 aliphatic carbocycles. The van der Waals surface area contributed by atoms with E-state index < -0.39 is 0 Å². The first-order valence-corrected chi connectivity index (χ1v) is 7.78. The van der Waals surface area contributed by atoms with Crippen LogP contribution in [-0.2, 0) is 11.3 Å². The maximum Gasteiger partial charge on any atom is 0.118 e. The van der Waals surface area contributed by atoms with Crippen molar-refractivity contribution >= 4 is 11.0 Å². The van der Waals surface area contributed by atoms with Crippen LogP contribution in [0.15, 0.2) is 18.2 Å². The first-order chi connectivity index (χ1) is 9.92. The molecule has 0 aliphatic rings. The van der Waals surface area contributed by atoms with E-state index in [1.54, 1.807) is 0 Å². The first-order valence-electron chi connectivity index (χ1n) is 7.78. The maximum absolute atomic E-state index is 5.74. The summed E-state index contributed by atoms with van der Waals surface area (Å²) in [5, 5.41) is 10.9. The second-order valence-electron chi connectivity index (χ2n) is 5.28. The number of para-hydroxylation sites is 1. The van der Waals surface area contributed by atoms with Crippen LogP contribution in [0.4, 0.5) is 0 Å². The van der Waals surface area contributed by atoms with Gasteiger partial charge in [-0.1, -0.05) is 57.6 Å². The summed E-state index contributed by atoms with van der Waals surface area (Å²) < 4.78 is 5.74. The maximum atomic E-state index is 5.74. The Bertz CT molecular complexity index is 495. The number of nitrogens with zero attached hydrogens (tertiary/aromatic N) is 2. The van der Waals surface area contributed by atoms with Gasteiger partial charge in [0, 0.05) is 12.2 Å². The van der Waals surface area contributed by atoms with Crippen molar-refractivity contribution in [3.63, 3.8) is 0 Å². The van der Waals surface area contributed by atoms with Gasteiger partial charge in [0.15, 0.2) is 0 Å². The number of ether oxygens (including phenoxy) is 1. The standard InChI is InChI=1S/C16H25N3O/c1-2-3-4-5-6-7-8-12-20-13-14-10-9-11-15-16(14)18-19-17-15/h9-11H,2-8,12-13H2,1H3,(H,17,18,19). The van der Waals surface area contributed by atoms with Gasteiger partial charge in [0.1, 0.15) is 11.0 Å². The Hall–Kier alpha value is -1.42. The molecule has 2 aromatic rings. The second-order valence-corrected chi connectivity index (χ2v) is 5.28. The van der Waals surface area contributed by atoms with Gasteiger partial charge in [0.25, 0.3) is 0 Å². The molecule has 0 saturated heterocycles. The summed E-state index contributed by atoms with van der Waals surface area (Å²) in [5.74, 6) is 0. The number of unbranched alkanes of at least 4 members (excludes halogenated alkanes) is 6. The van der Waals surface area contributed by atoms with Crippen LogP contribution in [0.25, 0.3) is 11.0 Å². The number of benzene rings is 1. The minimum Gasteiger partial charge on any atom is -0.377 e. The molecule has 1 heterocycles. The predicted molar refractivity (Wildman–Crippen MR) is 81.5 cm³/mol. The summed E-state index contributed by atoms with van der Waals surface area (Å²) >= 11 is 0. The molecule has 1 aromatic heterocycles. The normalized spacial score (nSPS) is 11.2. The summed E-state index contributed by atoms with van der Waals surface area (Å²) in [7, 11) is 0. The van der Waals surface area contributed by atoms with Crippen molar-refractivity contribution in [2.45, 2.75) is 58.5 Å². The lowest BCUT2D eigenvalue weighted by Crippen LogP contribution is -1.96. The Balaban J connectivity index is 1.58. The zero-order chi connectivity index (χ0) is 14.0. The van der Waals surface area contributed by atoms with Crippen LogP contribution < -0.4 is 0 Å². The molecule has 0 fully saturated rings. The Morgan fingerprint density at radius 3 is 2.65 bits per heavy atom. The van der Waals surface area contributed by atoms with E-state index in [1.165, 1.54) is 38.5 Å². The van der Waals surface area contributed by atoms with Crippen LogP contribution in [0, 0.1) is 0 Å². The highest BCUT2D eigenvalue weighted by atomic mass is 16.5. The third-order valence-electron chi connectivity index (χ3n) is 3.58. The van der Waals surface area contributed by atoms with Crippen LogP contribution in [-0.4, -0.2) is 22.0 Å². The third-order valence-corrected chi connectivity index (χ3v) is 3.58. The zero-order valence-corrected chi connectivity index (χ0v) is 12.4. The van der Waals surface area contributed by atoms with E-state index in [4.69, 9.17) is 4.74 Å². The first kappa shape index (κ1) is 15.0. The Morgan fingerprint density at radius 1 is 1.00 bits per heavy atom. The van der Waals surface area contributed by atoms with Gasteiger partial charge in [-0.15, -0.1) is 0 Å². The summed E-state index contributed by atoms with van der Waals surface area (Å²) in [5.41, 5.74) is 2.94. The number of aromatic nitrogens is 3. The highest BCUT2D eigenvalue weighted by Gasteiger charge is 2.04. The lowest BCUT2D eigenvalue weighted by atomic mass is 10.1. The number of aromatic amines is 1. The molecule has 0 atom stereocenters. The average Bonchev–Trinajstić information content (AvgIpc) is 2.95. The van der Waals surface area contributed by atoms with E-state index in [1.807, 2.05) is 12.1 Å². The molecule has 0 saturated carbocycles. The largest absolute Gasteiger partial charge is 0.377 e. The number of rotatable bonds is 10. The smallest absolute Gasteiger partial charge is 0.118 e. The number of nitrogens with one attached hydrogen (secondary N) is 1. The van der Waals surface area contributed by atoms with Gasteiger partial charge in [-0.3, -0.25) is 0 Å². The molecule has 0 aliphatic heterocycles. The van der Waals surface area contributed by atoms with E-state index in [0.717, 1.165) is 29.6 Å². The van der Waals surface area contributed by atoms with Gasteiger partial charge in [0.05, 0.1) is 6.61 Å². The number of fused-ring (bicyclic) bond motifs is 1. The predicted octanol–water partition coefficient (Wildman–Crippen LogP) is 4.23.